The van der Waals surface area contributed by atoms with E-state index in [0.29, 0.717) is 6.04 Å². The lowest BCUT2D eigenvalue weighted by Gasteiger charge is -2.15. The van der Waals surface area contributed by atoms with E-state index in [4.69, 9.17) is 0 Å². The molecule has 0 spiro atoms. The van der Waals surface area contributed by atoms with Gasteiger partial charge >= 0.3 is 0 Å². The van der Waals surface area contributed by atoms with Crippen molar-refractivity contribution < 1.29 is 0 Å². The maximum Gasteiger partial charge on any atom is 0.0305 e. The van der Waals surface area contributed by atoms with Gasteiger partial charge in [-0.2, -0.15) is 0 Å². The molecule has 3 heteroatoms. The normalized spacial score (nSPS) is 13.5. The number of aromatic nitrogens is 1. The number of rotatable bonds is 4. The summed E-state index contributed by atoms with van der Waals surface area (Å²) >= 11 is 1.90. The fourth-order valence-corrected chi connectivity index (χ4v) is 2.92. The highest BCUT2D eigenvalue weighted by Crippen LogP contribution is 2.29. The van der Waals surface area contributed by atoms with Gasteiger partial charge in [-0.05, 0) is 42.2 Å². The zero-order valence-corrected chi connectivity index (χ0v) is 12.9. The number of nitrogens with zero attached hydrogens (tertiary/aromatic N) is 1. The van der Waals surface area contributed by atoms with Gasteiger partial charge in [0.1, 0.15) is 0 Å². The lowest BCUT2D eigenvalue weighted by atomic mass is 9.95. The average Bonchev–Trinajstić information content (AvgIpc) is 2.86. The third-order valence-corrected chi connectivity index (χ3v) is 4.70. The maximum absolute atomic E-state index is 4.05. The monoisotopic (exact) mass is 274 g/mol. The lowest BCUT2D eigenvalue weighted by molar-refractivity contribution is 0.578. The molecular weight excluding hydrogens is 252 g/mol. The van der Waals surface area contributed by atoms with Crippen LogP contribution in [-0.2, 0) is 12.0 Å². The fourth-order valence-electron chi connectivity index (χ4n) is 1.90. The van der Waals surface area contributed by atoms with E-state index in [0.717, 1.165) is 6.54 Å². The van der Waals surface area contributed by atoms with E-state index in [1.807, 2.05) is 23.7 Å². The molecule has 2 rings (SSSR count). The first kappa shape index (κ1) is 14.2. The molecule has 1 N–H and O–H groups in total. The van der Waals surface area contributed by atoms with Gasteiger partial charge in [0.05, 0.1) is 0 Å². The van der Waals surface area contributed by atoms with E-state index in [-0.39, 0.29) is 5.41 Å². The predicted molar refractivity (Wildman–Crippen MR) is 82.5 cm³/mol. The van der Waals surface area contributed by atoms with Crippen LogP contribution in [0.15, 0.2) is 36.7 Å². The van der Waals surface area contributed by atoms with E-state index in [9.17, 15) is 0 Å². The summed E-state index contributed by atoms with van der Waals surface area (Å²) in [5, 5.41) is 3.56. The molecule has 0 aromatic carbocycles. The van der Waals surface area contributed by atoms with Crippen LogP contribution in [0, 0.1) is 0 Å². The van der Waals surface area contributed by atoms with Crippen LogP contribution in [0.2, 0.25) is 0 Å². The second-order valence-corrected chi connectivity index (χ2v) is 7.07. The van der Waals surface area contributed by atoms with Crippen LogP contribution in [0.25, 0.3) is 0 Å². The molecule has 1 unspecified atom stereocenters. The van der Waals surface area contributed by atoms with Crippen LogP contribution >= 0.6 is 11.3 Å². The zero-order chi connectivity index (χ0) is 13.9. The minimum Gasteiger partial charge on any atom is -0.305 e. The summed E-state index contributed by atoms with van der Waals surface area (Å²) in [6.07, 6.45) is 3.69. The summed E-state index contributed by atoms with van der Waals surface area (Å²) in [6, 6.07) is 8.96. The molecule has 1 atom stereocenters. The molecule has 0 saturated carbocycles. The Labute approximate surface area is 119 Å². The predicted octanol–water partition coefficient (Wildman–Crippen LogP) is 4.29. The number of thiophene rings is 1. The fraction of sp³-hybridized carbons (Fsp3) is 0.438. The number of nitrogens with one attached hydrogen (secondary N) is 1. The molecular formula is C16H22N2S. The SMILES string of the molecule is CC(NCc1ccc(C(C)(C)C)s1)c1ccncc1. The van der Waals surface area contributed by atoms with Crippen molar-refractivity contribution in [2.75, 3.05) is 0 Å². The van der Waals surface area contributed by atoms with Gasteiger partial charge in [-0.1, -0.05) is 20.8 Å². The Morgan fingerprint density at radius 2 is 1.84 bits per heavy atom. The topological polar surface area (TPSA) is 24.9 Å². The van der Waals surface area contributed by atoms with Crippen molar-refractivity contribution in [1.82, 2.24) is 10.3 Å². The summed E-state index contributed by atoms with van der Waals surface area (Å²) in [5.41, 5.74) is 1.53. The van der Waals surface area contributed by atoms with E-state index >= 15 is 0 Å². The van der Waals surface area contributed by atoms with Crippen molar-refractivity contribution in [2.24, 2.45) is 0 Å². The van der Waals surface area contributed by atoms with Crippen LogP contribution in [0.4, 0.5) is 0 Å². The molecule has 0 amide bonds. The van der Waals surface area contributed by atoms with Gasteiger partial charge in [0.2, 0.25) is 0 Å². The first-order chi connectivity index (χ1) is 8.97. The highest BCUT2D eigenvalue weighted by atomic mass is 32.1. The molecule has 0 bridgehead atoms. The maximum atomic E-state index is 4.05. The molecule has 2 nitrogen and oxygen atoms in total. The summed E-state index contributed by atoms with van der Waals surface area (Å²) in [7, 11) is 0. The van der Waals surface area contributed by atoms with E-state index in [1.54, 1.807) is 0 Å². The van der Waals surface area contributed by atoms with Crippen molar-refractivity contribution in [3.63, 3.8) is 0 Å². The van der Waals surface area contributed by atoms with Crippen molar-refractivity contribution in [1.29, 1.82) is 0 Å². The van der Waals surface area contributed by atoms with Crippen LogP contribution in [0.5, 0.6) is 0 Å². The van der Waals surface area contributed by atoms with Crippen molar-refractivity contribution >= 4 is 11.3 Å². The third-order valence-electron chi connectivity index (χ3n) is 3.19. The Morgan fingerprint density at radius 1 is 1.16 bits per heavy atom. The number of hydrogen-bond donors (Lipinski definition) is 1. The smallest absolute Gasteiger partial charge is 0.0305 e. The first-order valence-electron chi connectivity index (χ1n) is 6.69. The van der Waals surface area contributed by atoms with Gasteiger partial charge in [0.15, 0.2) is 0 Å². The molecule has 0 aliphatic heterocycles. The minimum absolute atomic E-state index is 0.250. The molecule has 0 fully saturated rings. The summed E-state index contributed by atoms with van der Waals surface area (Å²) < 4.78 is 0. The van der Waals surface area contributed by atoms with Crippen LogP contribution < -0.4 is 5.32 Å². The van der Waals surface area contributed by atoms with Gasteiger partial charge in [0.25, 0.3) is 0 Å². The highest BCUT2D eigenvalue weighted by molar-refractivity contribution is 7.12. The van der Waals surface area contributed by atoms with Crippen molar-refractivity contribution in [2.45, 2.75) is 45.7 Å². The molecule has 0 radical (unpaired) electrons. The van der Waals surface area contributed by atoms with Crippen molar-refractivity contribution in [3.05, 3.63) is 52.0 Å². The summed E-state index contributed by atoms with van der Waals surface area (Å²) in [5.74, 6) is 0. The largest absolute Gasteiger partial charge is 0.305 e. The molecule has 0 aliphatic carbocycles. The van der Waals surface area contributed by atoms with Gasteiger partial charge in [-0.3, -0.25) is 4.98 Å². The molecule has 0 aliphatic rings. The van der Waals surface area contributed by atoms with Gasteiger partial charge in [-0.25, -0.2) is 0 Å². The van der Waals surface area contributed by atoms with E-state index < -0.39 is 0 Å². The molecule has 0 saturated heterocycles. The van der Waals surface area contributed by atoms with Crippen LogP contribution in [0.1, 0.15) is 49.1 Å². The van der Waals surface area contributed by atoms with E-state index in [1.165, 1.54) is 15.3 Å². The Hall–Kier alpha value is -1.19. The second-order valence-electron chi connectivity index (χ2n) is 5.90. The first-order valence-corrected chi connectivity index (χ1v) is 7.51. The molecule has 19 heavy (non-hydrogen) atoms. The zero-order valence-electron chi connectivity index (χ0n) is 12.1. The Bertz CT molecular complexity index is 511. The van der Waals surface area contributed by atoms with Crippen molar-refractivity contribution in [3.8, 4) is 0 Å². The Balaban J connectivity index is 1.94. The number of hydrogen-bond acceptors (Lipinski definition) is 3. The van der Waals surface area contributed by atoms with Crippen LogP contribution in [-0.4, -0.2) is 4.98 Å². The molecule has 2 heterocycles. The average molecular weight is 274 g/mol. The highest BCUT2D eigenvalue weighted by Gasteiger charge is 2.16. The van der Waals surface area contributed by atoms with E-state index in [2.05, 4.69) is 62.3 Å². The Morgan fingerprint density at radius 3 is 2.42 bits per heavy atom. The third kappa shape index (κ3) is 3.88. The second kappa shape index (κ2) is 5.85. The molecule has 2 aromatic heterocycles. The molecule has 2 aromatic rings. The summed E-state index contributed by atoms with van der Waals surface area (Å²) in [6.45, 7) is 9.89. The molecule has 102 valence electrons. The quantitative estimate of drug-likeness (QED) is 0.899. The van der Waals surface area contributed by atoms with Gasteiger partial charge in [-0.15, -0.1) is 11.3 Å². The Kier molecular flexibility index (Phi) is 4.38. The van der Waals surface area contributed by atoms with Gasteiger partial charge < -0.3 is 5.32 Å². The minimum atomic E-state index is 0.250. The van der Waals surface area contributed by atoms with Crippen LogP contribution in [0.3, 0.4) is 0 Å². The number of pyridine rings is 1. The standard InChI is InChI=1S/C16H22N2S/c1-12(13-7-9-17-10-8-13)18-11-14-5-6-15(19-14)16(2,3)4/h5-10,12,18H,11H2,1-4H3. The van der Waals surface area contributed by atoms with Gasteiger partial charge in [0, 0.05) is 34.7 Å². The summed E-state index contributed by atoms with van der Waals surface area (Å²) in [4.78, 5) is 6.89. The lowest BCUT2D eigenvalue weighted by Crippen LogP contribution is -2.17.